The molecular formula is C15H21NO10. The molecule has 0 aliphatic carbocycles. The number of carboxylic acids is 3. The van der Waals surface area contributed by atoms with Crippen LogP contribution in [-0.2, 0) is 14.4 Å². The molecule has 0 amide bonds. The molecule has 0 saturated carbocycles. The van der Waals surface area contributed by atoms with Gasteiger partial charge >= 0.3 is 17.9 Å². The second-order valence-corrected chi connectivity index (χ2v) is 5.21. The van der Waals surface area contributed by atoms with Gasteiger partial charge in [0.25, 0.3) is 0 Å². The van der Waals surface area contributed by atoms with Gasteiger partial charge in [0, 0.05) is 6.54 Å². The largest absolute Gasteiger partial charge is 0.508 e. The number of phenolic OH excluding ortho intramolecular Hbond substituents is 1. The number of aliphatic carboxylic acids is 3. The van der Waals surface area contributed by atoms with Crippen molar-refractivity contribution in [1.82, 2.24) is 5.32 Å². The third-order valence-corrected chi connectivity index (χ3v) is 3.15. The van der Waals surface area contributed by atoms with Crippen LogP contribution in [0.2, 0.25) is 0 Å². The molecule has 0 radical (unpaired) electrons. The van der Waals surface area contributed by atoms with Crippen LogP contribution in [0.4, 0.5) is 0 Å². The summed E-state index contributed by atoms with van der Waals surface area (Å²) in [5.41, 5.74) is -2.42. The molecule has 0 saturated heterocycles. The number of nitrogens with one attached hydrogen (secondary N) is 1. The Labute approximate surface area is 147 Å². The zero-order chi connectivity index (χ0) is 20.5. The van der Waals surface area contributed by atoms with Gasteiger partial charge in [-0.25, -0.2) is 9.59 Å². The van der Waals surface area contributed by atoms with Crippen LogP contribution in [0, 0.1) is 0 Å². The van der Waals surface area contributed by atoms with Crippen LogP contribution in [0.25, 0.3) is 0 Å². The SMILES string of the molecule is CNCC(O)c1ccc(O)cc1.O=C(O)CC(O)(C(=O)O)C(O)C(=O)O. The molecule has 11 nitrogen and oxygen atoms in total. The maximum absolute atomic E-state index is 10.4. The van der Waals surface area contributed by atoms with Crippen LogP contribution in [0.1, 0.15) is 18.1 Å². The van der Waals surface area contributed by atoms with E-state index in [-0.39, 0.29) is 5.75 Å². The molecule has 0 aliphatic rings. The van der Waals surface area contributed by atoms with Crippen molar-refractivity contribution < 1.29 is 50.1 Å². The van der Waals surface area contributed by atoms with Crippen molar-refractivity contribution in [2.24, 2.45) is 0 Å². The maximum Gasteiger partial charge on any atom is 0.339 e. The molecule has 146 valence electrons. The van der Waals surface area contributed by atoms with Gasteiger partial charge in [0.2, 0.25) is 5.60 Å². The number of benzene rings is 1. The number of carboxylic acid groups (broad SMARTS) is 3. The Morgan fingerprint density at radius 3 is 1.92 bits per heavy atom. The van der Waals surface area contributed by atoms with Crippen molar-refractivity contribution in [2.45, 2.75) is 24.2 Å². The lowest BCUT2D eigenvalue weighted by atomic mass is 9.93. The van der Waals surface area contributed by atoms with Gasteiger partial charge in [-0.3, -0.25) is 4.79 Å². The van der Waals surface area contributed by atoms with E-state index < -0.39 is 42.1 Å². The van der Waals surface area contributed by atoms with Crippen LogP contribution in [-0.4, -0.2) is 79.0 Å². The molecule has 0 heterocycles. The minimum Gasteiger partial charge on any atom is -0.508 e. The quantitative estimate of drug-likeness (QED) is 0.259. The number of carbonyl (C=O) groups is 3. The zero-order valence-electron chi connectivity index (χ0n) is 13.7. The Morgan fingerprint density at radius 1 is 1.08 bits per heavy atom. The second-order valence-electron chi connectivity index (χ2n) is 5.21. The number of aliphatic hydroxyl groups is 3. The molecule has 1 aromatic rings. The van der Waals surface area contributed by atoms with Crippen molar-refractivity contribution >= 4 is 17.9 Å². The van der Waals surface area contributed by atoms with Crippen LogP contribution in [0.15, 0.2) is 24.3 Å². The van der Waals surface area contributed by atoms with E-state index in [0.29, 0.717) is 6.54 Å². The first kappa shape index (κ1) is 23.3. The predicted molar refractivity (Wildman–Crippen MR) is 85.5 cm³/mol. The summed E-state index contributed by atoms with van der Waals surface area (Å²) in [7, 11) is 1.78. The number of hydrogen-bond donors (Lipinski definition) is 8. The highest BCUT2D eigenvalue weighted by Crippen LogP contribution is 2.17. The Kier molecular flexibility index (Phi) is 9.22. The smallest absolute Gasteiger partial charge is 0.339 e. The average Bonchev–Trinajstić information content (AvgIpc) is 2.54. The van der Waals surface area contributed by atoms with E-state index in [0.717, 1.165) is 5.56 Å². The average molecular weight is 375 g/mol. The van der Waals surface area contributed by atoms with Crippen LogP contribution < -0.4 is 5.32 Å². The van der Waals surface area contributed by atoms with E-state index >= 15 is 0 Å². The number of likely N-dealkylation sites (N-methyl/N-ethyl adjacent to an activating group) is 1. The molecule has 26 heavy (non-hydrogen) atoms. The van der Waals surface area contributed by atoms with E-state index in [4.69, 9.17) is 30.6 Å². The van der Waals surface area contributed by atoms with E-state index in [1.807, 2.05) is 0 Å². The van der Waals surface area contributed by atoms with Gasteiger partial charge in [-0.15, -0.1) is 0 Å². The fourth-order valence-electron chi connectivity index (χ4n) is 1.73. The molecule has 0 bridgehead atoms. The standard InChI is InChI=1S/C9H13NO2.C6H8O8/c1-10-6-9(12)7-2-4-8(11)5-3-7;7-2(8)1-6(14,5(12)13)3(9)4(10)11/h2-5,9-12H,6H2,1H3;3,9,14H,1H2,(H,7,8)(H,10,11)(H,12,13). The van der Waals surface area contributed by atoms with Crippen LogP contribution in [0.3, 0.4) is 0 Å². The molecule has 3 unspecified atom stereocenters. The number of aromatic hydroxyl groups is 1. The minimum atomic E-state index is -3.22. The van der Waals surface area contributed by atoms with E-state index in [2.05, 4.69) is 5.32 Å². The van der Waals surface area contributed by atoms with Gasteiger partial charge in [-0.2, -0.15) is 0 Å². The number of aliphatic hydroxyl groups excluding tert-OH is 2. The fraction of sp³-hybridized carbons (Fsp3) is 0.400. The molecule has 0 aromatic heterocycles. The van der Waals surface area contributed by atoms with Gasteiger partial charge in [-0.05, 0) is 24.7 Å². The third-order valence-electron chi connectivity index (χ3n) is 3.15. The topological polar surface area (TPSA) is 205 Å². The van der Waals surface area contributed by atoms with Crippen LogP contribution >= 0.6 is 0 Å². The second kappa shape index (κ2) is 10.3. The minimum absolute atomic E-state index is 0.218. The first-order valence-electron chi connectivity index (χ1n) is 7.15. The third kappa shape index (κ3) is 7.03. The van der Waals surface area contributed by atoms with Gasteiger partial charge in [-0.1, -0.05) is 12.1 Å². The summed E-state index contributed by atoms with van der Waals surface area (Å²) in [4.78, 5) is 30.7. The Bertz CT molecular complexity index is 617. The molecular weight excluding hydrogens is 354 g/mol. The fourth-order valence-corrected chi connectivity index (χ4v) is 1.73. The van der Waals surface area contributed by atoms with Gasteiger partial charge in [0.15, 0.2) is 6.10 Å². The molecule has 0 fully saturated rings. The predicted octanol–water partition coefficient (Wildman–Crippen LogP) is -1.63. The highest BCUT2D eigenvalue weighted by Gasteiger charge is 2.49. The van der Waals surface area contributed by atoms with Crippen molar-refractivity contribution in [3.63, 3.8) is 0 Å². The number of phenols is 1. The van der Waals surface area contributed by atoms with Gasteiger partial charge in [0.05, 0.1) is 12.5 Å². The lowest BCUT2D eigenvalue weighted by Gasteiger charge is -2.23. The Morgan fingerprint density at radius 2 is 1.58 bits per heavy atom. The summed E-state index contributed by atoms with van der Waals surface area (Å²) in [5, 5.41) is 63.9. The summed E-state index contributed by atoms with van der Waals surface area (Å²) >= 11 is 0. The van der Waals surface area contributed by atoms with E-state index in [9.17, 15) is 19.5 Å². The molecule has 0 spiro atoms. The maximum atomic E-state index is 10.4. The Balaban J connectivity index is 0.000000485. The highest BCUT2D eigenvalue weighted by molar-refractivity contribution is 5.90. The summed E-state index contributed by atoms with van der Waals surface area (Å²) in [6, 6.07) is 6.54. The first-order chi connectivity index (χ1) is 12.0. The molecule has 1 rings (SSSR count). The molecule has 3 atom stereocenters. The zero-order valence-corrected chi connectivity index (χ0v) is 13.7. The van der Waals surface area contributed by atoms with Crippen LogP contribution in [0.5, 0.6) is 5.75 Å². The molecule has 8 N–H and O–H groups in total. The van der Waals surface area contributed by atoms with Gasteiger partial charge < -0.3 is 41.1 Å². The lowest BCUT2D eigenvalue weighted by Crippen LogP contribution is -2.54. The van der Waals surface area contributed by atoms with E-state index in [1.54, 1.807) is 31.3 Å². The number of rotatable bonds is 8. The van der Waals surface area contributed by atoms with Crippen molar-refractivity contribution in [2.75, 3.05) is 13.6 Å². The lowest BCUT2D eigenvalue weighted by molar-refractivity contribution is -0.187. The van der Waals surface area contributed by atoms with Crippen molar-refractivity contribution in [3.05, 3.63) is 29.8 Å². The first-order valence-corrected chi connectivity index (χ1v) is 7.15. The summed E-state index contributed by atoms with van der Waals surface area (Å²) < 4.78 is 0. The van der Waals surface area contributed by atoms with E-state index in [1.165, 1.54) is 0 Å². The van der Waals surface area contributed by atoms with Crippen molar-refractivity contribution in [3.8, 4) is 5.75 Å². The summed E-state index contributed by atoms with van der Waals surface area (Å²) in [6.45, 7) is 0.519. The number of hydrogen-bond acceptors (Lipinski definition) is 8. The Hall–Kier alpha value is -2.73. The summed E-state index contributed by atoms with van der Waals surface area (Å²) in [5.74, 6) is -5.66. The van der Waals surface area contributed by atoms with Crippen molar-refractivity contribution in [1.29, 1.82) is 0 Å². The van der Waals surface area contributed by atoms with Gasteiger partial charge in [0.1, 0.15) is 5.75 Å². The molecule has 0 aliphatic heterocycles. The monoisotopic (exact) mass is 375 g/mol. The molecule has 1 aromatic carbocycles. The summed E-state index contributed by atoms with van der Waals surface area (Å²) in [6.07, 6.45) is -4.61. The normalized spacial score (nSPS) is 14.9. The highest BCUT2D eigenvalue weighted by atomic mass is 16.4. The molecule has 11 heteroatoms.